The van der Waals surface area contributed by atoms with Crippen LogP contribution in [0.1, 0.15) is 40.7 Å². The summed E-state index contributed by atoms with van der Waals surface area (Å²) in [5.41, 5.74) is 12.1. The average molecular weight is 791 g/mol. The SMILES string of the molecule is C[SiH](C)[Hf+2]([CH]1C(c2cccc3ccccc23)=Cc2ccccc21)[CH]1C(c2cccc3ccccc23)=Cc2ccccc21.[Cl-].[Cl-]. The molecule has 4 heteroatoms. The zero-order valence-electron chi connectivity index (χ0n) is 24.8. The van der Waals surface area contributed by atoms with Gasteiger partial charge in [-0.1, -0.05) is 0 Å². The molecular formula is C40H33Cl2HfSi. The third-order valence-corrected chi connectivity index (χ3v) is 39.8. The second-order valence-electron chi connectivity index (χ2n) is 12.0. The van der Waals surface area contributed by atoms with Crippen molar-refractivity contribution in [3.05, 3.63) is 167 Å². The van der Waals surface area contributed by atoms with Crippen LogP contribution in [0.2, 0.25) is 13.1 Å². The van der Waals surface area contributed by atoms with E-state index in [0.29, 0.717) is 7.35 Å². The minimum absolute atomic E-state index is 0. The van der Waals surface area contributed by atoms with Gasteiger partial charge in [-0.2, -0.15) is 0 Å². The van der Waals surface area contributed by atoms with E-state index in [1.807, 2.05) is 0 Å². The molecule has 0 nitrogen and oxygen atoms in total. The Morgan fingerprint density at radius 3 is 1.30 bits per heavy atom. The molecule has 0 saturated carbocycles. The number of allylic oxidation sites excluding steroid dienone is 2. The molecule has 8 rings (SSSR count). The third kappa shape index (κ3) is 5.10. The first kappa shape index (κ1) is 31.0. The van der Waals surface area contributed by atoms with Crippen LogP contribution >= 0.6 is 0 Å². The Balaban J connectivity index is 0.00000171. The van der Waals surface area contributed by atoms with Gasteiger partial charge in [0, 0.05) is 0 Å². The van der Waals surface area contributed by atoms with Gasteiger partial charge in [-0.05, 0) is 0 Å². The quantitative estimate of drug-likeness (QED) is 0.226. The topological polar surface area (TPSA) is 0 Å². The zero-order valence-corrected chi connectivity index (χ0v) is 31.1. The maximum Gasteiger partial charge on any atom is -1.00 e. The molecule has 6 aromatic rings. The fourth-order valence-electron chi connectivity index (χ4n) is 7.62. The van der Waals surface area contributed by atoms with Crippen molar-refractivity contribution < 1.29 is 45.4 Å². The molecule has 2 unspecified atom stereocenters. The van der Waals surface area contributed by atoms with Crippen molar-refractivity contribution >= 4 is 50.8 Å². The average Bonchev–Trinajstić information content (AvgIpc) is 3.60. The number of benzene rings is 6. The number of halogens is 2. The molecule has 2 aliphatic rings. The van der Waals surface area contributed by atoms with Gasteiger partial charge in [0.15, 0.2) is 0 Å². The normalized spacial score (nSPS) is 16.5. The second kappa shape index (κ2) is 12.8. The molecule has 0 N–H and O–H groups in total. The fraction of sp³-hybridized carbons (Fsp3) is 0.100. The minimum atomic E-state index is -2.57. The summed E-state index contributed by atoms with van der Waals surface area (Å²) in [6, 6.07) is 50.4. The number of hydrogen-bond acceptors (Lipinski definition) is 0. The summed E-state index contributed by atoms with van der Waals surface area (Å²) in [6.07, 6.45) is 5.12. The van der Waals surface area contributed by atoms with Crippen LogP contribution in [0, 0.1) is 0 Å². The summed E-state index contributed by atoms with van der Waals surface area (Å²) < 4.78 is 1.11. The first-order valence-corrected chi connectivity index (χ1v) is 28.4. The van der Waals surface area contributed by atoms with Crippen molar-refractivity contribution in [3.8, 4) is 0 Å². The summed E-state index contributed by atoms with van der Waals surface area (Å²) in [6.45, 7) is 5.34. The number of rotatable bonds is 5. The van der Waals surface area contributed by atoms with E-state index in [9.17, 15) is 0 Å². The van der Waals surface area contributed by atoms with Crippen molar-refractivity contribution in [1.82, 2.24) is 0 Å². The smallest absolute Gasteiger partial charge is 1.00 e. The Morgan fingerprint density at radius 1 is 0.455 bits per heavy atom. The molecule has 2 atom stereocenters. The summed E-state index contributed by atoms with van der Waals surface area (Å²) in [4.78, 5) is 0. The Labute approximate surface area is 281 Å². The van der Waals surface area contributed by atoms with E-state index in [1.165, 1.54) is 43.8 Å². The molecule has 215 valence electrons. The van der Waals surface area contributed by atoms with Gasteiger partial charge in [-0.25, -0.2) is 0 Å². The van der Waals surface area contributed by atoms with E-state index in [1.54, 1.807) is 22.3 Å². The van der Waals surface area contributed by atoms with E-state index >= 15 is 0 Å². The summed E-state index contributed by atoms with van der Waals surface area (Å²) in [5, 5.41) is 5.44. The summed E-state index contributed by atoms with van der Waals surface area (Å²) in [5.74, 6) is -1.03. The van der Waals surface area contributed by atoms with Gasteiger partial charge < -0.3 is 24.8 Å². The standard InChI is InChI=1S/2C19H13.C2H7Si.2ClH.Hf/c2*1-2-8-16-13-17(12-15(16)7-1)19-11-5-9-14-6-3-4-10-18(14)19;1-3-2;;;/h2*1-13H;3H,1-2H3;2*1H;/q;;;;;+2/p-2. The molecule has 0 fully saturated rings. The van der Waals surface area contributed by atoms with Crippen LogP contribution in [0.15, 0.2) is 133 Å². The van der Waals surface area contributed by atoms with E-state index < -0.39 is 26.6 Å². The van der Waals surface area contributed by atoms with Crippen LogP contribution in [0.5, 0.6) is 0 Å². The predicted molar refractivity (Wildman–Crippen MR) is 181 cm³/mol. The van der Waals surface area contributed by atoms with Crippen LogP contribution in [0.4, 0.5) is 0 Å². The Kier molecular flexibility index (Phi) is 8.99. The van der Waals surface area contributed by atoms with Gasteiger partial charge in [0.2, 0.25) is 0 Å². The van der Waals surface area contributed by atoms with E-state index in [4.69, 9.17) is 0 Å². The van der Waals surface area contributed by atoms with Crippen molar-refractivity contribution in [1.29, 1.82) is 0 Å². The zero-order chi connectivity index (χ0) is 28.2. The monoisotopic (exact) mass is 791 g/mol. The molecule has 0 spiro atoms. The largest absolute Gasteiger partial charge is 1.00 e. The molecule has 0 bridgehead atoms. The molecule has 0 amide bonds. The first-order chi connectivity index (χ1) is 20.7. The van der Waals surface area contributed by atoms with Gasteiger partial charge in [-0.3, -0.25) is 0 Å². The molecule has 2 aliphatic carbocycles. The summed E-state index contributed by atoms with van der Waals surface area (Å²) >= 11 is -2.57. The maximum atomic E-state index is 2.67. The van der Waals surface area contributed by atoms with Crippen LogP contribution in [0.25, 0.3) is 44.8 Å². The third-order valence-electron chi connectivity index (χ3n) is 9.39. The van der Waals surface area contributed by atoms with Gasteiger partial charge in [0.25, 0.3) is 0 Å². The molecule has 0 saturated heterocycles. The Bertz CT molecular complexity index is 1910. The van der Waals surface area contributed by atoms with Crippen molar-refractivity contribution in [2.24, 2.45) is 0 Å². The van der Waals surface area contributed by atoms with Gasteiger partial charge >= 0.3 is 259 Å². The minimum Gasteiger partial charge on any atom is -1.00 e. The molecule has 6 aromatic carbocycles. The Hall–Kier alpha value is -3.01. The van der Waals surface area contributed by atoms with Crippen molar-refractivity contribution in [2.75, 3.05) is 0 Å². The molecule has 0 aliphatic heterocycles. The van der Waals surface area contributed by atoms with Crippen molar-refractivity contribution in [2.45, 2.75) is 20.4 Å². The van der Waals surface area contributed by atoms with Gasteiger partial charge in [-0.15, -0.1) is 0 Å². The van der Waals surface area contributed by atoms with Crippen LogP contribution in [0.3, 0.4) is 0 Å². The predicted octanol–water partition coefficient (Wildman–Crippen LogP) is 4.49. The summed E-state index contributed by atoms with van der Waals surface area (Å²) in [7, 11) is 0. The Morgan fingerprint density at radius 2 is 0.841 bits per heavy atom. The molecule has 0 radical (unpaired) electrons. The first-order valence-electron chi connectivity index (χ1n) is 15.1. The van der Waals surface area contributed by atoms with Crippen LogP contribution in [-0.4, -0.2) is 5.98 Å². The number of fused-ring (bicyclic) bond motifs is 4. The maximum absolute atomic E-state index is 2.67. The van der Waals surface area contributed by atoms with E-state index in [-0.39, 0.29) is 24.8 Å². The van der Waals surface area contributed by atoms with Gasteiger partial charge in [0.1, 0.15) is 0 Å². The van der Waals surface area contributed by atoms with Gasteiger partial charge in [0.05, 0.1) is 0 Å². The molecule has 44 heavy (non-hydrogen) atoms. The second-order valence-corrected chi connectivity index (χ2v) is 40.0. The van der Waals surface area contributed by atoms with Crippen LogP contribution < -0.4 is 24.8 Å². The van der Waals surface area contributed by atoms with E-state index in [2.05, 4.69) is 159 Å². The van der Waals surface area contributed by atoms with E-state index in [0.717, 1.165) is 0 Å². The fourth-order valence-corrected chi connectivity index (χ4v) is 39.2. The molecular weight excluding hydrogens is 758 g/mol. The molecule has 0 aromatic heterocycles. The van der Waals surface area contributed by atoms with Crippen LogP contribution in [-0.2, 0) is 20.6 Å². The molecule has 0 heterocycles. The van der Waals surface area contributed by atoms with Crippen molar-refractivity contribution in [3.63, 3.8) is 0 Å². The number of hydrogen-bond donors (Lipinski definition) is 0.